The molecule has 2 aromatic heterocycles. The van der Waals surface area contributed by atoms with Gasteiger partial charge in [0.05, 0.1) is 22.8 Å². The molecule has 3 aliphatic rings. The van der Waals surface area contributed by atoms with Crippen LogP contribution in [-0.4, -0.2) is 0 Å². The molecular weight excluding hydrogens is 769 g/mol. The van der Waals surface area contributed by atoms with Crippen molar-refractivity contribution in [3.8, 4) is 0 Å². The molecular formula is C59H48N2O2. The SMILES string of the molecule is CC(C)C1=CC(N(c2ccccc2)c2cccc3c2oc2ccccc23)=C2C=Cc3c(C(C)C)cc(N(c4ccccc4)c4cccc5c4oc4ccccc45)c4c3C2(C)C1C=C4. The van der Waals surface area contributed by atoms with E-state index in [0.717, 1.165) is 72.3 Å². The second kappa shape index (κ2) is 14.1. The monoisotopic (exact) mass is 816 g/mol. The number of benzene rings is 7. The highest BCUT2D eigenvalue weighted by molar-refractivity contribution is 6.11. The summed E-state index contributed by atoms with van der Waals surface area (Å²) in [6.07, 6.45) is 12.3. The van der Waals surface area contributed by atoms with Gasteiger partial charge in [-0.3, -0.25) is 0 Å². The molecule has 0 amide bonds. The van der Waals surface area contributed by atoms with Crippen molar-refractivity contribution in [2.45, 2.75) is 46.0 Å². The largest absolute Gasteiger partial charge is 0.454 e. The van der Waals surface area contributed by atoms with Gasteiger partial charge in [-0.1, -0.05) is 162 Å². The fraction of sp³-hybridized carbons (Fsp3) is 0.153. The van der Waals surface area contributed by atoms with E-state index in [1.807, 2.05) is 0 Å². The topological polar surface area (TPSA) is 32.8 Å². The zero-order chi connectivity index (χ0) is 42.6. The van der Waals surface area contributed by atoms with Crippen LogP contribution in [-0.2, 0) is 5.41 Å². The molecule has 0 N–H and O–H groups in total. The summed E-state index contributed by atoms with van der Waals surface area (Å²) < 4.78 is 13.6. The van der Waals surface area contributed by atoms with Crippen molar-refractivity contribution in [2.75, 3.05) is 9.80 Å². The highest BCUT2D eigenvalue weighted by atomic mass is 16.3. The Hall–Kier alpha value is -7.30. The van der Waals surface area contributed by atoms with Crippen molar-refractivity contribution in [1.29, 1.82) is 0 Å². The molecule has 2 atom stereocenters. The number of nitrogens with zero attached hydrogens (tertiary/aromatic N) is 2. The summed E-state index contributed by atoms with van der Waals surface area (Å²) in [6.45, 7) is 11.9. The zero-order valence-corrected chi connectivity index (χ0v) is 36.3. The second-order valence-corrected chi connectivity index (χ2v) is 18.2. The van der Waals surface area contributed by atoms with Gasteiger partial charge in [0.25, 0.3) is 0 Å². The number of fused-ring (bicyclic) bond motifs is 6. The van der Waals surface area contributed by atoms with E-state index in [1.165, 1.54) is 39.1 Å². The predicted molar refractivity (Wildman–Crippen MR) is 264 cm³/mol. The summed E-state index contributed by atoms with van der Waals surface area (Å²) >= 11 is 0. The van der Waals surface area contributed by atoms with E-state index in [9.17, 15) is 0 Å². The van der Waals surface area contributed by atoms with Gasteiger partial charge < -0.3 is 18.6 Å². The lowest BCUT2D eigenvalue weighted by molar-refractivity contribution is 0.416. The van der Waals surface area contributed by atoms with Crippen LogP contribution in [0.1, 0.15) is 62.8 Å². The minimum Gasteiger partial charge on any atom is -0.454 e. The molecule has 12 rings (SSSR count). The quantitative estimate of drug-likeness (QED) is 0.153. The third-order valence-corrected chi connectivity index (χ3v) is 14.0. The maximum Gasteiger partial charge on any atom is 0.159 e. The van der Waals surface area contributed by atoms with Gasteiger partial charge in [-0.15, -0.1) is 0 Å². The Morgan fingerprint density at radius 2 is 1.05 bits per heavy atom. The predicted octanol–water partition coefficient (Wildman–Crippen LogP) is 16.7. The van der Waals surface area contributed by atoms with Crippen molar-refractivity contribution < 1.29 is 8.83 Å². The Labute approximate surface area is 368 Å². The van der Waals surface area contributed by atoms with Crippen molar-refractivity contribution in [1.82, 2.24) is 0 Å². The zero-order valence-electron chi connectivity index (χ0n) is 36.3. The van der Waals surface area contributed by atoms with Crippen LogP contribution in [0.15, 0.2) is 196 Å². The smallest absolute Gasteiger partial charge is 0.159 e. The molecule has 0 saturated carbocycles. The van der Waals surface area contributed by atoms with Crippen LogP contribution in [0, 0.1) is 11.8 Å². The van der Waals surface area contributed by atoms with E-state index in [0.29, 0.717) is 5.92 Å². The molecule has 7 aromatic carbocycles. The molecule has 4 heteroatoms. The van der Waals surface area contributed by atoms with Crippen LogP contribution in [0.4, 0.5) is 28.4 Å². The van der Waals surface area contributed by atoms with Crippen molar-refractivity contribution >= 4 is 84.5 Å². The normalized spacial score (nSPS) is 17.7. The van der Waals surface area contributed by atoms with Crippen molar-refractivity contribution in [3.63, 3.8) is 0 Å². The van der Waals surface area contributed by atoms with Gasteiger partial charge in [-0.05, 0) is 94.8 Å². The third kappa shape index (κ3) is 5.47. The second-order valence-electron chi connectivity index (χ2n) is 18.2. The van der Waals surface area contributed by atoms with Crippen LogP contribution in [0.25, 0.3) is 56.0 Å². The molecule has 3 aliphatic carbocycles. The van der Waals surface area contributed by atoms with E-state index >= 15 is 0 Å². The number of rotatable bonds is 8. The number of allylic oxidation sites excluding steroid dienone is 5. The number of para-hydroxylation sites is 6. The Morgan fingerprint density at radius 1 is 0.508 bits per heavy atom. The molecule has 0 saturated heterocycles. The molecule has 0 spiro atoms. The summed E-state index contributed by atoms with van der Waals surface area (Å²) in [5, 5.41) is 4.47. The highest BCUT2D eigenvalue weighted by Gasteiger charge is 2.50. The Kier molecular flexibility index (Phi) is 8.40. The van der Waals surface area contributed by atoms with Gasteiger partial charge in [0, 0.05) is 49.8 Å². The summed E-state index contributed by atoms with van der Waals surface area (Å²) in [5.41, 5.74) is 17.7. The summed E-state index contributed by atoms with van der Waals surface area (Å²) in [5.74, 6) is 0.704. The number of hydrogen-bond acceptors (Lipinski definition) is 4. The average molecular weight is 817 g/mol. The van der Waals surface area contributed by atoms with E-state index < -0.39 is 5.41 Å². The lowest BCUT2D eigenvalue weighted by atomic mass is 9.54. The van der Waals surface area contributed by atoms with Gasteiger partial charge in [0.2, 0.25) is 0 Å². The number of furan rings is 2. The fourth-order valence-corrected chi connectivity index (χ4v) is 11.1. The lowest BCUT2D eigenvalue weighted by Gasteiger charge is -2.51. The standard InChI is InChI=1S/C59H48N2O2/c1-36(2)46-34-52(60(38-18-8-6-9-19-38)50-26-16-24-43-40-22-12-14-28-54(40)62-57(43)50)45-31-32-48-47(37(3)4)35-53(49-33-30-42(46)56(45)59(48,49)5)61(39-20-10-7-11-21-39)51-27-17-25-44-41-23-13-15-29-55(41)63-58(44)51/h6-37,48H,1-5H3. The molecule has 63 heavy (non-hydrogen) atoms. The molecule has 0 fully saturated rings. The molecule has 0 radical (unpaired) electrons. The van der Waals surface area contributed by atoms with Gasteiger partial charge in [0.1, 0.15) is 11.2 Å². The first-order chi connectivity index (χ1) is 30.8. The van der Waals surface area contributed by atoms with Crippen LogP contribution >= 0.6 is 0 Å². The van der Waals surface area contributed by atoms with E-state index in [1.54, 1.807) is 0 Å². The first-order valence-electron chi connectivity index (χ1n) is 22.4. The number of anilines is 5. The molecule has 9 aromatic rings. The highest BCUT2D eigenvalue weighted by Crippen LogP contribution is 2.61. The molecule has 0 aliphatic heterocycles. The van der Waals surface area contributed by atoms with Gasteiger partial charge >= 0.3 is 0 Å². The van der Waals surface area contributed by atoms with Crippen LogP contribution in [0.5, 0.6) is 0 Å². The van der Waals surface area contributed by atoms with Gasteiger partial charge in [-0.2, -0.15) is 0 Å². The first kappa shape index (κ1) is 37.5. The Morgan fingerprint density at radius 3 is 1.63 bits per heavy atom. The van der Waals surface area contributed by atoms with Gasteiger partial charge in [0.15, 0.2) is 11.2 Å². The van der Waals surface area contributed by atoms with E-state index in [2.05, 4.69) is 226 Å². The average Bonchev–Trinajstić information content (AvgIpc) is 3.89. The third-order valence-electron chi connectivity index (χ3n) is 14.0. The Balaban J connectivity index is 1.16. The molecule has 4 nitrogen and oxygen atoms in total. The van der Waals surface area contributed by atoms with Crippen LogP contribution in [0.2, 0.25) is 0 Å². The minimum atomic E-state index is -0.417. The molecule has 0 bridgehead atoms. The van der Waals surface area contributed by atoms with Crippen LogP contribution < -0.4 is 9.80 Å². The maximum absolute atomic E-state index is 6.81. The maximum atomic E-state index is 6.81. The molecule has 2 unspecified atom stereocenters. The lowest BCUT2D eigenvalue weighted by Crippen LogP contribution is -2.44. The van der Waals surface area contributed by atoms with Crippen molar-refractivity contribution in [2.24, 2.45) is 11.8 Å². The number of hydrogen-bond donors (Lipinski definition) is 0. The van der Waals surface area contributed by atoms with E-state index in [-0.39, 0.29) is 11.8 Å². The van der Waals surface area contributed by atoms with Crippen molar-refractivity contribution in [3.05, 3.63) is 209 Å². The summed E-state index contributed by atoms with van der Waals surface area (Å²) in [4.78, 5) is 4.91. The minimum absolute atomic E-state index is 0.145. The Bertz CT molecular complexity index is 3430. The van der Waals surface area contributed by atoms with Gasteiger partial charge in [-0.25, -0.2) is 0 Å². The summed E-state index contributed by atoms with van der Waals surface area (Å²) in [7, 11) is 0. The van der Waals surface area contributed by atoms with Crippen LogP contribution in [0.3, 0.4) is 0 Å². The summed E-state index contributed by atoms with van der Waals surface area (Å²) in [6, 6.07) is 54.0. The molecule has 2 heterocycles. The van der Waals surface area contributed by atoms with E-state index in [4.69, 9.17) is 8.83 Å². The fourth-order valence-electron chi connectivity index (χ4n) is 11.1. The molecule has 306 valence electrons. The first-order valence-corrected chi connectivity index (χ1v) is 22.4.